The van der Waals surface area contributed by atoms with Gasteiger partial charge in [-0.15, -0.1) is 0 Å². The molecule has 66 heavy (non-hydrogen) atoms. The van der Waals surface area contributed by atoms with Crippen LogP contribution in [-0.2, 0) is 58.4 Å². The zero-order chi connectivity index (χ0) is 49.7. The number of carbonyl (C=O) groups excluding carboxylic acids is 2. The van der Waals surface area contributed by atoms with Crippen LogP contribution in [0.2, 0.25) is 5.02 Å². The maximum Gasteiger partial charge on any atom is 0.435 e. The molecule has 0 radical (unpaired) electrons. The van der Waals surface area contributed by atoms with Gasteiger partial charge in [-0.2, -0.15) is 45.3 Å². The molecule has 0 fully saturated rings. The van der Waals surface area contributed by atoms with Crippen LogP contribution in [0.5, 0.6) is 0 Å². The first kappa shape index (κ1) is 53.5. The summed E-state index contributed by atoms with van der Waals surface area (Å²) in [5, 5.41) is 10.1. The highest BCUT2D eigenvalue weighted by molar-refractivity contribution is 8.00. The van der Waals surface area contributed by atoms with E-state index in [1.807, 2.05) is 13.8 Å². The first-order valence-corrected chi connectivity index (χ1v) is 23.0. The summed E-state index contributed by atoms with van der Waals surface area (Å²) in [6.07, 6.45) is -7.00. The summed E-state index contributed by atoms with van der Waals surface area (Å²) in [5.41, 5.74) is -1.39. The highest BCUT2D eigenvalue weighted by Gasteiger charge is 2.49. The number of aromatic nitrogens is 5. The zero-order valence-electron chi connectivity index (χ0n) is 36.6. The number of aryl methyl sites for hydroxylation is 1. The van der Waals surface area contributed by atoms with E-state index in [9.17, 15) is 57.7 Å². The Morgan fingerprint density at radius 1 is 1.03 bits per heavy atom. The number of carbonyl (C=O) groups is 2. The van der Waals surface area contributed by atoms with Crippen LogP contribution >= 0.6 is 23.5 Å². The molecular formula is C43H44ClF10N7O3S2. The van der Waals surface area contributed by atoms with Gasteiger partial charge >= 0.3 is 12.4 Å². The van der Waals surface area contributed by atoms with Crippen molar-refractivity contribution < 1.29 is 57.7 Å². The number of amides is 2. The molecule has 2 amide bonds. The number of halogens is 11. The summed E-state index contributed by atoms with van der Waals surface area (Å²) in [5.74, 6) is 0.232. The minimum atomic E-state index is -4.73. The lowest BCUT2D eigenvalue weighted by Crippen LogP contribution is -2.24. The molecule has 23 heteroatoms. The molecule has 6 rings (SSSR count). The van der Waals surface area contributed by atoms with Gasteiger partial charge in [0.2, 0.25) is 12.3 Å². The van der Waals surface area contributed by atoms with E-state index in [2.05, 4.69) is 32.3 Å². The first-order chi connectivity index (χ1) is 30.7. The van der Waals surface area contributed by atoms with E-state index in [0.717, 1.165) is 33.1 Å². The van der Waals surface area contributed by atoms with Gasteiger partial charge in [-0.25, -0.2) is 18.1 Å². The number of nitrogens with zero attached hydrogens (tertiary/aromatic N) is 6. The molecule has 2 unspecified atom stereocenters. The topological polar surface area (TPSA) is 115 Å². The summed E-state index contributed by atoms with van der Waals surface area (Å²) < 4.78 is 148. The Morgan fingerprint density at radius 2 is 1.65 bits per heavy atom. The second-order valence-electron chi connectivity index (χ2n) is 14.8. The number of fused-ring (bicyclic) bond motifs is 2. The van der Waals surface area contributed by atoms with Crippen molar-refractivity contribution in [1.29, 1.82) is 0 Å². The summed E-state index contributed by atoms with van der Waals surface area (Å²) in [6, 6.07) is 7.68. The number of benzene rings is 2. The highest BCUT2D eigenvalue weighted by atomic mass is 35.5. The van der Waals surface area contributed by atoms with E-state index in [0.29, 0.717) is 17.2 Å². The third-order valence-corrected chi connectivity index (χ3v) is 12.5. The number of pyridine rings is 1. The second kappa shape index (κ2) is 21.2. The first-order valence-electron chi connectivity index (χ1n) is 19.9. The van der Waals surface area contributed by atoms with E-state index in [-0.39, 0.29) is 74.8 Å². The van der Waals surface area contributed by atoms with Crippen LogP contribution in [0.3, 0.4) is 0 Å². The Labute approximate surface area is 385 Å². The molecule has 1 N–H and O–H groups in total. The van der Waals surface area contributed by atoms with Gasteiger partial charge < -0.3 is 5.32 Å². The Hall–Kier alpha value is -5.14. The summed E-state index contributed by atoms with van der Waals surface area (Å²) >= 11 is 7.49. The van der Waals surface area contributed by atoms with Gasteiger partial charge in [0.05, 0.1) is 27.7 Å². The minimum Gasteiger partial charge on any atom is -0.350 e. The van der Waals surface area contributed by atoms with E-state index < -0.39 is 81.8 Å². The summed E-state index contributed by atoms with van der Waals surface area (Å²) in [4.78, 5) is 29.0. The van der Waals surface area contributed by atoms with Crippen LogP contribution in [-0.4, -0.2) is 64.5 Å². The molecule has 3 heterocycles. The molecule has 5 aromatic rings. The Morgan fingerprint density at radius 3 is 2.18 bits per heavy atom. The quantitative estimate of drug-likeness (QED) is 0.0607. The molecule has 2 aromatic carbocycles. The molecule has 10 nitrogen and oxygen atoms in total. The minimum absolute atomic E-state index is 0.00794. The van der Waals surface area contributed by atoms with Gasteiger partial charge in [0.25, 0.3) is 5.92 Å². The number of hydrogen-bond acceptors (Lipinski definition) is 7. The molecule has 0 saturated carbocycles. The molecule has 0 saturated heterocycles. The van der Waals surface area contributed by atoms with E-state index in [1.165, 1.54) is 44.4 Å². The number of hydrogen-bond donors (Lipinski definition) is 1. The predicted octanol–water partition coefficient (Wildman–Crippen LogP) is 10.7. The van der Waals surface area contributed by atoms with Crippen LogP contribution in [0, 0.1) is 23.5 Å². The Kier molecular flexibility index (Phi) is 17.2. The zero-order valence-corrected chi connectivity index (χ0v) is 39.0. The van der Waals surface area contributed by atoms with Crippen molar-refractivity contribution >= 4 is 63.4 Å². The number of alkyl halides is 8. The van der Waals surface area contributed by atoms with E-state index >= 15 is 0 Å². The highest BCUT2D eigenvalue weighted by Crippen LogP contribution is 2.47. The molecule has 0 bridgehead atoms. The summed E-state index contributed by atoms with van der Waals surface area (Å²) in [7, 11) is -1.34. The lowest BCUT2D eigenvalue weighted by Gasteiger charge is -2.21. The van der Waals surface area contributed by atoms with Gasteiger partial charge in [-0.05, 0) is 87.4 Å². The van der Waals surface area contributed by atoms with Crippen LogP contribution < -0.4 is 9.62 Å². The van der Waals surface area contributed by atoms with Crippen LogP contribution in [0.4, 0.5) is 49.7 Å². The normalized spacial score (nSPS) is 14.2. The SMILES string of the molecule is CC.CCn1nc(C(F)(F)F)c2c1C(F)(F)CC2.CSN(C(C)=O)c1nn(CC(F)(F)F)c2c(-c3ccc(C#CC(C)(C)S(C)=O)nc3C(Cc3cc(F)cc(F)c3)NC=O)ccc(Cl)c12. The third kappa shape index (κ3) is 12.2. The van der Waals surface area contributed by atoms with Gasteiger partial charge in [0, 0.05) is 66.0 Å². The fraction of sp³-hybridized carbons (Fsp3) is 0.419. The maximum absolute atomic E-state index is 14.2. The monoisotopic (exact) mass is 995 g/mol. The van der Waals surface area contributed by atoms with Crippen molar-refractivity contribution in [2.24, 2.45) is 0 Å². The predicted molar refractivity (Wildman–Crippen MR) is 234 cm³/mol. The molecular weight excluding hydrogens is 952 g/mol. The number of anilines is 1. The van der Waals surface area contributed by atoms with E-state index in [1.54, 1.807) is 20.1 Å². The third-order valence-electron chi connectivity index (χ3n) is 9.85. The van der Waals surface area contributed by atoms with Gasteiger partial charge in [-0.3, -0.25) is 23.2 Å². The van der Waals surface area contributed by atoms with Gasteiger partial charge in [0.15, 0.2) is 11.5 Å². The Bertz CT molecular complexity index is 2650. The van der Waals surface area contributed by atoms with Crippen molar-refractivity contribution in [3.63, 3.8) is 0 Å². The van der Waals surface area contributed by atoms with Crippen molar-refractivity contribution in [3.05, 3.63) is 93.0 Å². The van der Waals surface area contributed by atoms with Crippen LogP contribution in [0.15, 0.2) is 42.5 Å². The fourth-order valence-electron chi connectivity index (χ4n) is 6.88. The molecule has 1 aliphatic rings. The standard InChI is InChI=1S/C32H29ClF5N5O3S2.C9H9F5N2.C2H6/c1-18(45)43(47-4)30-27-25(33)9-8-24(29(27)42(41-30)16-32(36,37)38)23-7-6-22(10-11-31(2,3)48(5)46)40-28(23)26(39-17-44)14-19-12-20(34)15-21(35)13-19;1-2-16-7-5(3-4-8(7,10)11)6(15-16)9(12,13)14;1-2/h6-9,12-13,15,17,26H,14,16H2,1-5H3,(H,39,44);2-4H2,1H3;1-2H3. The van der Waals surface area contributed by atoms with Crippen LogP contribution in [0.1, 0.15) is 87.9 Å². The second-order valence-corrected chi connectivity index (χ2v) is 17.8. The summed E-state index contributed by atoms with van der Waals surface area (Å²) in [6.45, 7) is 8.53. The molecule has 1 aliphatic carbocycles. The smallest absolute Gasteiger partial charge is 0.350 e. The number of rotatable bonds is 11. The molecule has 0 aliphatic heterocycles. The van der Waals surface area contributed by atoms with Gasteiger partial charge in [-0.1, -0.05) is 37.4 Å². The van der Waals surface area contributed by atoms with Crippen LogP contribution in [0.25, 0.3) is 22.0 Å². The molecule has 358 valence electrons. The molecule has 0 spiro atoms. The maximum atomic E-state index is 14.2. The van der Waals surface area contributed by atoms with Crippen molar-refractivity contribution in [1.82, 2.24) is 29.9 Å². The lowest BCUT2D eigenvalue weighted by atomic mass is 9.94. The molecule has 2 atom stereocenters. The van der Waals surface area contributed by atoms with Crippen molar-refractivity contribution in [2.75, 3.05) is 16.8 Å². The number of nitrogens with one attached hydrogen (secondary N) is 1. The van der Waals surface area contributed by atoms with Crippen molar-refractivity contribution in [2.45, 2.75) is 103 Å². The lowest BCUT2D eigenvalue weighted by molar-refractivity contribution is -0.142. The average molecular weight is 996 g/mol. The molecule has 3 aromatic heterocycles. The van der Waals surface area contributed by atoms with Crippen molar-refractivity contribution in [3.8, 4) is 23.0 Å². The van der Waals surface area contributed by atoms with E-state index in [4.69, 9.17) is 11.6 Å². The van der Waals surface area contributed by atoms with Gasteiger partial charge in [0.1, 0.15) is 34.3 Å². The largest absolute Gasteiger partial charge is 0.435 e. The average Bonchev–Trinajstić information content (AvgIpc) is 3.89. The Balaban J connectivity index is 0.000000440. The fourth-order valence-corrected chi connectivity index (χ4v) is 7.87.